The van der Waals surface area contributed by atoms with Gasteiger partial charge in [0.05, 0.1) is 0 Å². The van der Waals surface area contributed by atoms with Gasteiger partial charge < -0.3 is 10.6 Å². The van der Waals surface area contributed by atoms with Gasteiger partial charge in [0.2, 0.25) is 0 Å². The SMILES string of the molecule is C.CC.CCNC.CNc1ccccc1. The molecule has 2 nitrogen and oxygen atoms in total. The van der Waals surface area contributed by atoms with Crippen molar-refractivity contribution >= 4 is 5.69 Å². The van der Waals surface area contributed by atoms with E-state index in [0.717, 1.165) is 12.2 Å². The van der Waals surface area contributed by atoms with Crippen LogP contribution >= 0.6 is 0 Å². The second kappa shape index (κ2) is 18.7. The standard InChI is InChI=1S/C7H9N.C3H9N.C2H6.CH4/c1-8-7-5-3-2-4-6-7;1-3-4-2;1-2;/h2-6,8H,1H3;4H,3H2,1-2H3;1-2H3;1H4. The fraction of sp³-hybridized carbons (Fsp3) is 0.538. The molecule has 0 aromatic heterocycles. The molecule has 0 spiro atoms. The lowest BCUT2D eigenvalue weighted by Crippen LogP contribution is -2.01. The maximum atomic E-state index is 3.03. The third-order valence-corrected chi connectivity index (χ3v) is 1.42. The minimum absolute atomic E-state index is 0. The average Bonchev–Trinajstić information content (AvgIpc) is 2.33. The Morgan fingerprint density at radius 2 is 1.40 bits per heavy atom. The molecule has 0 heterocycles. The van der Waals surface area contributed by atoms with Crippen molar-refractivity contribution in [3.8, 4) is 0 Å². The first-order chi connectivity index (χ1) is 6.85. The van der Waals surface area contributed by atoms with Crippen LogP contribution < -0.4 is 10.6 Å². The predicted molar refractivity (Wildman–Crippen MR) is 73.7 cm³/mol. The highest BCUT2D eigenvalue weighted by molar-refractivity contribution is 5.41. The zero-order valence-electron chi connectivity index (χ0n) is 10.1. The summed E-state index contributed by atoms with van der Waals surface area (Å²) in [5, 5.41) is 5.96. The molecule has 0 bridgehead atoms. The molecule has 0 radical (unpaired) electrons. The van der Waals surface area contributed by atoms with Crippen LogP contribution in [0.15, 0.2) is 30.3 Å². The van der Waals surface area contributed by atoms with Gasteiger partial charge in [-0.15, -0.1) is 0 Å². The van der Waals surface area contributed by atoms with Crippen molar-refractivity contribution in [1.82, 2.24) is 5.32 Å². The van der Waals surface area contributed by atoms with E-state index in [0.29, 0.717) is 0 Å². The number of anilines is 1. The van der Waals surface area contributed by atoms with Gasteiger partial charge in [-0.05, 0) is 25.7 Å². The summed E-state index contributed by atoms with van der Waals surface area (Å²) in [5.74, 6) is 0. The summed E-state index contributed by atoms with van der Waals surface area (Å²) in [6.07, 6.45) is 0. The van der Waals surface area contributed by atoms with E-state index >= 15 is 0 Å². The number of para-hydroxylation sites is 1. The molecular weight excluding hydrogens is 184 g/mol. The van der Waals surface area contributed by atoms with Crippen molar-refractivity contribution in [2.75, 3.05) is 26.0 Å². The van der Waals surface area contributed by atoms with Crippen LogP contribution in [0.4, 0.5) is 5.69 Å². The van der Waals surface area contributed by atoms with Crippen LogP contribution in [0.25, 0.3) is 0 Å². The third-order valence-electron chi connectivity index (χ3n) is 1.42. The molecule has 0 aliphatic rings. The Morgan fingerprint density at radius 1 is 1.00 bits per heavy atom. The molecule has 0 atom stereocenters. The average molecular weight is 212 g/mol. The molecule has 1 aromatic rings. The summed E-state index contributed by atoms with van der Waals surface area (Å²) in [7, 11) is 3.84. The number of nitrogens with one attached hydrogen (secondary N) is 2. The molecule has 0 unspecified atom stereocenters. The first-order valence-corrected chi connectivity index (χ1v) is 5.22. The van der Waals surface area contributed by atoms with E-state index in [-0.39, 0.29) is 7.43 Å². The van der Waals surface area contributed by atoms with E-state index in [1.165, 1.54) is 0 Å². The lowest BCUT2D eigenvalue weighted by Gasteiger charge is -1.94. The van der Waals surface area contributed by atoms with Crippen molar-refractivity contribution in [1.29, 1.82) is 0 Å². The third kappa shape index (κ3) is 15.7. The Balaban J connectivity index is -0.000000179. The predicted octanol–water partition coefficient (Wildman–Crippen LogP) is 3.62. The van der Waals surface area contributed by atoms with Crippen LogP contribution in [-0.2, 0) is 0 Å². The van der Waals surface area contributed by atoms with Crippen LogP contribution in [0.3, 0.4) is 0 Å². The maximum absolute atomic E-state index is 3.03. The van der Waals surface area contributed by atoms with Crippen molar-refractivity contribution in [3.05, 3.63) is 30.3 Å². The fourth-order valence-corrected chi connectivity index (χ4v) is 0.605. The zero-order chi connectivity index (χ0) is 11.2. The minimum atomic E-state index is 0. The Kier molecular flexibility index (Phi) is 24.4. The first kappa shape index (κ1) is 19.5. The smallest absolute Gasteiger partial charge is 0.0337 e. The molecule has 0 aliphatic carbocycles. The Bertz CT molecular complexity index is 171. The van der Waals surface area contributed by atoms with Gasteiger partial charge in [-0.3, -0.25) is 0 Å². The second-order valence-corrected chi connectivity index (χ2v) is 2.32. The molecule has 2 N–H and O–H groups in total. The van der Waals surface area contributed by atoms with Gasteiger partial charge in [0.1, 0.15) is 0 Å². The van der Waals surface area contributed by atoms with E-state index in [1.807, 2.05) is 58.3 Å². The molecular formula is C13H28N2. The van der Waals surface area contributed by atoms with E-state index in [2.05, 4.69) is 17.6 Å². The molecule has 0 saturated carbocycles. The molecule has 0 fully saturated rings. The lowest BCUT2D eigenvalue weighted by atomic mass is 10.3. The maximum Gasteiger partial charge on any atom is 0.0337 e. The van der Waals surface area contributed by atoms with Crippen LogP contribution in [0, 0.1) is 0 Å². The van der Waals surface area contributed by atoms with Gasteiger partial charge >= 0.3 is 0 Å². The summed E-state index contributed by atoms with van der Waals surface area (Å²) in [5.41, 5.74) is 1.16. The summed E-state index contributed by atoms with van der Waals surface area (Å²) in [6.45, 7) is 7.14. The van der Waals surface area contributed by atoms with Gasteiger partial charge in [-0.2, -0.15) is 0 Å². The molecule has 1 rings (SSSR count). The normalized spacial score (nSPS) is 7.00. The number of benzene rings is 1. The lowest BCUT2D eigenvalue weighted by molar-refractivity contribution is 0.864. The van der Waals surface area contributed by atoms with E-state index in [4.69, 9.17) is 0 Å². The molecule has 0 amide bonds. The summed E-state index contributed by atoms with van der Waals surface area (Å²) in [6, 6.07) is 10.1. The molecule has 1 aromatic carbocycles. The quantitative estimate of drug-likeness (QED) is 0.782. The molecule has 2 heteroatoms. The van der Waals surface area contributed by atoms with Gasteiger partial charge in [0.25, 0.3) is 0 Å². The van der Waals surface area contributed by atoms with Gasteiger partial charge in [-0.1, -0.05) is 46.4 Å². The highest BCUT2D eigenvalue weighted by Gasteiger charge is 1.77. The molecule has 90 valence electrons. The highest BCUT2D eigenvalue weighted by atomic mass is 14.8. The van der Waals surface area contributed by atoms with Crippen molar-refractivity contribution in [2.24, 2.45) is 0 Å². The van der Waals surface area contributed by atoms with E-state index < -0.39 is 0 Å². The summed E-state index contributed by atoms with van der Waals surface area (Å²) < 4.78 is 0. The minimum Gasteiger partial charge on any atom is -0.388 e. The van der Waals surface area contributed by atoms with Crippen LogP contribution in [0.2, 0.25) is 0 Å². The first-order valence-electron chi connectivity index (χ1n) is 5.22. The number of rotatable bonds is 2. The molecule has 15 heavy (non-hydrogen) atoms. The fourth-order valence-electron chi connectivity index (χ4n) is 0.605. The zero-order valence-corrected chi connectivity index (χ0v) is 10.1. The topological polar surface area (TPSA) is 24.1 Å². The Morgan fingerprint density at radius 3 is 1.60 bits per heavy atom. The van der Waals surface area contributed by atoms with Crippen molar-refractivity contribution in [2.45, 2.75) is 28.2 Å². The second-order valence-electron chi connectivity index (χ2n) is 2.32. The van der Waals surface area contributed by atoms with E-state index in [1.54, 1.807) is 0 Å². The van der Waals surface area contributed by atoms with Crippen LogP contribution in [0.5, 0.6) is 0 Å². The van der Waals surface area contributed by atoms with Gasteiger partial charge in [0, 0.05) is 12.7 Å². The van der Waals surface area contributed by atoms with Crippen LogP contribution in [0.1, 0.15) is 28.2 Å². The summed E-state index contributed by atoms with van der Waals surface area (Å²) in [4.78, 5) is 0. The highest BCUT2D eigenvalue weighted by Crippen LogP contribution is 2.01. The van der Waals surface area contributed by atoms with E-state index in [9.17, 15) is 0 Å². The van der Waals surface area contributed by atoms with Crippen molar-refractivity contribution in [3.63, 3.8) is 0 Å². The molecule has 0 saturated heterocycles. The largest absolute Gasteiger partial charge is 0.388 e. The summed E-state index contributed by atoms with van der Waals surface area (Å²) >= 11 is 0. The monoisotopic (exact) mass is 212 g/mol. The van der Waals surface area contributed by atoms with Crippen LogP contribution in [-0.4, -0.2) is 20.6 Å². The molecule has 0 aliphatic heterocycles. The Hall–Kier alpha value is -1.02. The number of hydrogen-bond acceptors (Lipinski definition) is 2. The number of hydrogen-bond donors (Lipinski definition) is 2. The van der Waals surface area contributed by atoms with Crippen molar-refractivity contribution < 1.29 is 0 Å². The Labute approximate surface area is 96.1 Å². The van der Waals surface area contributed by atoms with Gasteiger partial charge in [-0.25, -0.2) is 0 Å². The van der Waals surface area contributed by atoms with Gasteiger partial charge in [0.15, 0.2) is 0 Å².